The van der Waals surface area contributed by atoms with Crippen molar-refractivity contribution in [3.05, 3.63) is 46.2 Å². The number of hydrogen-bond donors (Lipinski definition) is 0. The highest BCUT2D eigenvalue weighted by atomic mass is 35.5. The van der Waals surface area contributed by atoms with Crippen LogP contribution in [0.1, 0.15) is 21.7 Å². The van der Waals surface area contributed by atoms with E-state index in [0.717, 1.165) is 38.1 Å². The molecule has 0 radical (unpaired) electrons. The number of ether oxygens (including phenoxy) is 1. The maximum Gasteiger partial charge on any atom is 0.174 e. The van der Waals surface area contributed by atoms with Crippen molar-refractivity contribution in [1.29, 1.82) is 0 Å². The summed E-state index contributed by atoms with van der Waals surface area (Å²) >= 11 is 9.06. The first-order valence-electron chi connectivity index (χ1n) is 7.87. The number of fused-ring (bicyclic) bond motifs is 1. The van der Waals surface area contributed by atoms with E-state index in [9.17, 15) is 4.79 Å². The number of carbonyl (C=O) groups excluding carboxylic acids is 1. The van der Waals surface area contributed by atoms with Crippen LogP contribution < -0.4 is 0 Å². The van der Waals surface area contributed by atoms with E-state index in [1.807, 2.05) is 38.1 Å². The lowest BCUT2D eigenvalue weighted by Crippen LogP contribution is -2.09. The van der Waals surface area contributed by atoms with Crippen molar-refractivity contribution < 1.29 is 9.53 Å². The minimum Gasteiger partial charge on any atom is -0.383 e. The average molecular weight is 395 g/mol. The Morgan fingerprint density at radius 3 is 2.92 bits per heavy atom. The van der Waals surface area contributed by atoms with Gasteiger partial charge < -0.3 is 9.30 Å². The summed E-state index contributed by atoms with van der Waals surface area (Å²) in [7, 11) is 1.68. The van der Waals surface area contributed by atoms with Gasteiger partial charge in [-0.05, 0) is 38.1 Å². The van der Waals surface area contributed by atoms with Gasteiger partial charge in [-0.1, -0.05) is 23.4 Å². The quantitative estimate of drug-likeness (QED) is 0.418. The molecular formula is C18H19ClN2O2S2. The lowest BCUT2D eigenvalue weighted by Gasteiger charge is -2.08. The molecular weight excluding hydrogens is 376 g/mol. The van der Waals surface area contributed by atoms with Gasteiger partial charge in [-0.3, -0.25) is 4.79 Å². The number of rotatable bonds is 7. The standard InChI is InChI=1S/C18H19ClN2O2S2/c1-11-8-14(12(2)21(11)6-7-23-3)16(22)10-24-18-20-15-9-13(19)4-5-17(15)25-18/h4-5,8-9H,6-7,10H2,1-3H3. The largest absolute Gasteiger partial charge is 0.383 e. The topological polar surface area (TPSA) is 44.1 Å². The minimum atomic E-state index is 0.124. The summed E-state index contributed by atoms with van der Waals surface area (Å²) in [5.41, 5.74) is 3.74. The van der Waals surface area contributed by atoms with Gasteiger partial charge in [-0.25, -0.2) is 4.98 Å². The number of carbonyl (C=O) groups is 1. The first kappa shape index (κ1) is 18.5. The lowest BCUT2D eigenvalue weighted by molar-refractivity contribution is 0.102. The van der Waals surface area contributed by atoms with E-state index in [-0.39, 0.29) is 5.78 Å². The van der Waals surface area contributed by atoms with E-state index < -0.39 is 0 Å². The van der Waals surface area contributed by atoms with Gasteiger partial charge in [0.25, 0.3) is 0 Å². The lowest BCUT2D eigenvalue weighted by atomic mass is 10.2. The first-order chi connectivity index (χ1) is 12.0. The summed E-state index contributed by atoms with van der Waals surface area (Å²) < 4.78 is 9.24. The maximum atomic E-state index is 12.6. The number of methoxy groups -OCH3 is 1. The van der Waals surface area contributed by atoms with Crippen molar-refractivity contribution in [1.82, 2.24) is 9.55 Å². The maximum absolute atomic E-state index is 12.6. The van der Waals surface area contributed by atoms with Crippen LogP contribution >= 0.6 is 34.7 Å². The molecule has 2 aromatic heterocycles. The molecule has 1 aromatic carbocycles. The molecule has 0 amide bonds. The Morgan fingerprint density at radius 2 is 2.16 bits per heavy atom. The number of Topliss-reactive ketones (excluding diaryl/α,β-unsaturated/α-hetero) is 1. The van der Waals surface area contributed by atoms with E-state index in [0.29, 0.717) is 17.4 Å². The number of nitrogens with zero attached hydrogens (tertiary/aromatic N) is 2. The van der Waals surface area contributed by atoms with E-state index in [2.05, 4.69) is 9.55 Å². The highest BCUT2D eigenvalue weighted by Gasteiger charge is 2.16. The molecule has 0 unspecified atom stereocenters. The second kappa shape index (κ2) is 7.91. The summed E-state index contributed by atoms with van der Waals surface area (Å²) in [6.07, 6.45) is 0. The van der Waals surface area contributed by atoms with Crippen molar-refractivity contribution >= 4 is 50.7 Å². The van der Waals surface area contributed by atoms with E-state index >= 15 is 0 Å². The van der Waals surface area contributed by atoms with Gasteiger partial charge in [0.05, 0.1) is 22.6 Å². The Morgan fingerprint density at radius 1 is 1.36 bits per heavy atom. The Hall–Kier alpha value is -1.34. The molecule has 2 heterocycles. The fourth-order valence-corrected chi connectivity index (χ4v) is 4.85. The number of aryl methyl sites for hydroxylation is 1. The molecule has 7 heteroatoms. The molecule has 0 fully saturated rings. The van der Waals surface area contributed by atoms with E-state index in [1.54, 1.807) is 18.4 Å². The van der Waals surface area contributed by atoms with Crippen LogP contribution in [0, 0.1) is 13.8 Å². The van der Waals surface area contributed by atoms with Crippen LogP contribution in [0.5, 0.6) is 0 Å². The predicted octanol–water partition coefficient (Wildman–Crippen LogP) is 4.99. The molecule has 0 atom stereocenters. The summed E-state index contributed by atoms with van der Waals surface area (Å²) in [5, 5.41) is 0.675. The van der Waals surface area contributed by atoms with Gasteiger partial charge in [0.15, 0.2) is 10.1 Å². The minimum absolute atomic E-state index is 0.124. The van der Waals surface area contributed by atoms with Crippen LogP contribution in [-0.4, -0.2) is 34.8 Å². The monoisotopic (exact) mass is 394 g/mol. The first-order valence-corrected chi connectivity index (χ1v) is 10.1. The van der Waals surface area contributed by atoms with Crippen LogP contribution in [0.4, 0.5) is 0 Å². The molecule has 0 saturated heterocycles. The Balaban J connectivity index is 1.71. The summed E-state index contributed by atoms with van der Waals surface area (Å²) in [5.74, 6) is 0.501. The fraction of sp³-hybridized carbons (Fsp3) is 0.333. The number of thiazole rings is 1. The third-order valence-corrected chi connectivity index (χ3v) is 6.46. The highest BCUT2D eigenvalue weighted by Crippen LogP contribution is 2.31. The van der Waals surface area contributed by atoms with Gasteiger partial charge in [-0.15, -0.1) is 11.3 Å². The van der Waals surface area contributed by atoms with E-state index in [1.165, 1.54) is 11.8 Å². The predicted molar refractivity (Wildman–Crippen MR) is 105 cm³/mol. The Labute approximate surface area is 160 Å². The van der Waals surface area contributed by atoms with Gasteiger partial charge in [0, 0.05) is 35.6 Å². The number of halogens is 1. The highest BCUT2D eigenvalue weighted by molar-refractivity contribution is 8.01. The van der Waals surface area contributed by atoms with Gasteiger partial charge >= 0.3 is 0 Å². The molecule has 0 saturated carbocycles. The Kier molecular flexibility index (Phi) is 5.84. The number of thioether (sulfide) groups is 1. The zero-order valence-electron chi connectivity index (χ0n) is 14.3. The molecule has 25 heavy (non-hydrogen) atoms. The van der Waals surface area contributed by atoms with Crippen LogP contribution in [0.3, 0.4) is 0 Å². The number of aromatic nitrogens is 2. The van der Waals surface area contributed by atoms with Crippen molar-refractivity contribution in [2.45, 2.75) is 24.7 Å². The van der Waals surface area contributed by atoms with Crippen LogP contribution in [-0.2, 0) is 11.3 Å². The van der Waals surface area contributed by atoms with Gasteiger partial charge in [-0.2, -0.15) is 0 Å². The molecule has 3 rings (SSSR count). The fourth-order valence-electron chi connectivity index (χ4n) is 2.76. The van der Waals surface area contributed by atoms with Crippen LogP contribution in [0.2, 0.25) is 5.02 Å². The number of ketones is 1. The normalized spacial score (nSPS) is 11.4. The smallest absolute Gasteiger partial charge is 0.174 e. The van der Waals surface area contributed by atoms with Crippen molar-refractivity contribution in [3.8, 4) is 0 Å². The molecule has 4 nitrogen and oxygen atoms in total. The molecule has 0 aliphatic heterocycles. The van der Waals surface area contributed by atoms with Crippen LogP contribution in [0.25, 0.3) is 10.2 Å². The molecule has 3 aromatic rings. The third-order valence-electron chi connectivity index (χ3n) is 4.05. The Bertz CT molecular complexity index is 917. The zero-order chi connectivity index (χ0) is 18.0. The molecule has 0 spiro atoms. The second-order valence-corrected chi connectivity index (χ2v) is 8.42. The SMILES string of the molecule is COCCn1c(C)cc(C(=O)CSc2nc3cc(Cl)ccc3s2)c1C. The molecule has 132 valence electrons. The van der Waals surface area contributed by atoms with Crippen LogP contribution in [0.15, 0.2) is 28.6 Å². The van der Waals surface area contributed by atoms with Gasteiger partial charge in [0.1, 0.15) is 0 Å². The van der Waals surface area contributed by atoms with Crippen molar-refractivity contribution in [2.75, 3.05) is 19.5 Å². The molecule has 0 aliphatic rings. The van der Waals surface area contributed by atoms with Gasteiger partial charge in [0.2, 0.25) is 0 Å². The summed E-state index contributed by atoms with van der Waals surface area (Å²) in [6.45, 7) is 5.39. The summed E-state index contributed by atoms with van der Waals surface area (Å²) in [6, 6.07) is 7.63. The zero-order valence-corrected chi connectivity index (χ0v) is 16.7. The third kappa shape index (κ3) is 4.08. The van der Waals surface area contributed by atoms with Crippen molar-refractivity contribution in [3.63, 3.8) is 0 Å². The second-order valence-electron chi connectivity index (χ2n) is 5.73. The number of benzene rings is 1. The van der Waals surface area contributed by atoms with Crippen molar-refractivity contribution in [2.24, 2.45) is 0 Å². The number of hydrogen-bond acceptors (Lipinski definition) is 5. The average Bonchev–Trinajstić information content (AvgIpc) is 3.11. The molecule has 0 aliphatic carbocycles. The molecule has 0 bridgehead atoms. The molecule has 0 N–H and O–H groups in total. The summed E-state index contributed by atoms with van der Waals surface area (Å²) in [4.78, 5) is 17.2. The van der Waals surface area contributed by atoms with E-state index in [4.69, 9.17) is 16.3 Å².